The number of pyridine rings is 1. The predicted molar refractivity (Wildman–Crippen MR) is 92.4 cm³/mol. The van der Waals surface area contributed by atoms with Crippen molar-refractivity contribution in [2.75, 3.05) is 24.5 Å². The molecule has 2 aromatic rings. The van der Waals surface area contributed by atoms with Crippen LogP contribution in [0.5, 0.6) is 0 Å². The van der Waals surface area contributed by atoms with Crippen LogP contribution < -0.4 is 10.2 Å². The van der Waals surface area contributed by atoms with Crippen LogP contribution in [0.15, 0.2) is 30.3 Å². The molecule has 1 aromatic carbocycles. The van der Waals surface area contributed by atoms with Gasteiger partial charge in [0, 0.05) is 35.9 Å². The predicted octanol–water partition coefficient (Wildman–Crippen LogP) is 3.51. The molecule has 22 heavy (non-hydrogen) atoms. The lowest BCUT2D eigenvalue weighted by Crippen LogP contribution is -2.41. The molecule has 1 atom stereocenters. The van der Waals surface area contributed by atoms with Gasteiger partial charge < -0.3 is 10.2 Å². The molecular weight excluding hydrogens is 270 g/mol. The summed E-state index contributed by atoms with van der Waals surface area (Å²) in [4.78, 5) is 7.24. The van der Waals surface area contributed by atoms with E-state index in [-0.39, 0.29) is 0 Å². The van der Waals surface area contributed by atoms with E-state index in [1.54, 1.807) is 0 Å². The minimum atomic E-state index is 0.776. The van der Waals surface area contributed by atoms with Crippen molar-refractivity contribution in [3.63, 3.8) is 0 Å². The van der Waals surface area contributed by atoms with Crippen molar-refractivity contribution in [2.24, 2.45) is 5.92 Å². The van der Waals surface area contributed by atoms with Crippen molar-refractivity contribution >= 4 is 16.6 Å². The first-order valence-corrected chi connectivity index (χ1v) is 8.66. The topological polar surface area (TPSA) is 28.2 Å². The van der Waals surface area contributed by atoms with Gasteiger partial charge in [-0.25, -0.2) is 0 Å². The summed E-state index contributed by atoms with van der Waals surface area (Å²) in [7, 11) is 0. The third-order valence-corrected chi connectivity index (χ3v) is 5.37. The number of piperidine rings is 1. The van der Waals surface area contributed by atoms with Gasteiger partial charge in [0.1, 0.15) is 0 Å². The fourth-order valence-corrected chi connectivity index (χ4v) is 4.20. The molecule has 3 nitrogen and oxygen atoms in total. The zero-order valence-electron chi connectivity index (χ0n) is 13.4. The summed E-state index contributed by atoms with van der Waals surface area (Å²) >= 11 is 0. The molecule has 3 heteroatoms. The summed E-state index contributed by atoms with van der Waals surface area (Å²) in [6, 6.07) is 11.6. The van der Waals surface area contributed by atoms with Crippen LogP contribution in [0.2, 0.25) is 0 Å². The number of nitrogens with zero attached hydrogens (tertiary/aromatic N) is 2. The van der Waals surface area contributed by atoms with E-state index < -0.39 is 0 Å². The lowest BCUT2D eigenvalue weighted by Gasteiger charge is -2.36. The van der Waals surface area contributed by atoms with E-state index in [2.05, 4.69) is 52.5 Å². The number of aromatic nitrogens is 1. The van der Waals surface area contributed by atoms with Gasteiger partial charge in [0.25, 0.3) is 0 Å². The SMILES string of the molecule is Cc1cc(N2CCC(C3CCCN3)CC2)c2ccccc2n1. The molecule has 3 heterocycles. The Bertz CT molecular complexity index is 653. The van der Waals surface area contributed by atoms with E-state index >= 15 is 0 Å². The molecule has 0 saturated carbocycles. The maximum absolute atomic E-state index is 4.67. The van der Waals surface area contributed by atoms with Gasteiger partial charge in [-0.15, -0.1) is 0 Å². The zero-order chi connectivity index (χ0) is 14.9. The minimum Gasteiger partial charge on any atom is -0.371 e. The largest absolute Gasteiger partial charge is 0.371 e. The number of para-hydroxylation sites is 1. The van der Waals surface area contributed by atoms with E-state index in [4.69, 9.17) is 0 Å². The first kappa shape index (κ1) is 14.0. The number of aryl methyl sites for hydroxylation is 1. The minimum absolute atomic E-state index is 0.776. The van der Waals surface area contributed by atoms with Crippen molar-refractivity contribution in [2.45, 2.75) is 38.6 Å². The third kappa shape index (κ3) is 2.58. The van der Waals surface area contributed by atoms with Crippen LogP contribution in [-0.4, -0.2) is 30.7 Å². The average molecular weight is 295 g/mol. The van der Waals surface area contributed by atoms with Gasteiger partial charge in [0.05, 0.1) is 5.52 Å². The second kappa shape index (κ2) is 5.88. The first-order chi connectivity index (χ1) is 10.8. The molecule has 0 bridgehead atoms. The van der Waals surface area contributed by atoms with E-state index in [1.165, 1.54) is 56.4 Å². The zero-order valence-corrected chi connectivity index (χ0v) is 13.4. The summed E-state index contributed by atoms with van der Waals surface area (Å²) in [5, 5.41) is 4.99. The van der Waals surface area contributed by atoms with Crippen molar-refractivity contribution in [3.05, 3.63) is 36.0 Å². The van der Waals surface area contributed by atoms with Crippen molar-refractivity contribution < 1.29 is 0 Å². The molecular formula is C19H25N3. The lowest BCUT2D eigenvalue weighted by molar-refractivity contribution is 0.319. The standard InChI is InChI=1S/C19H25N3/c1-14-13-19(16-5-2-3-6-18(16)21-14)22-11-8-15(9-12-22)17-7-4-10-20-17/h2-3,5-6,13,15,17,20H,4,7-12H2,1H3. The molecule has 0 spiro atoms. The smallest absolute Gasteiger partial charge is 0.0726 e. The number of hydrogen-bond donors (Lipinski definition) is 1. The van der Waals surface area contributed by atoms with E-state index in [9.17, 15) is 0 Å². The fraction of sp³-hybridized carbons (Fsp3) is 0.526. The summed E-state index contributed by atoms with van der Waals surface area (Å²) in [6.07, 6.45) is 5.36. The maximum atomic E-state index is 4.67. The highest BCUT2D eigenvalue weighted by molar-refractivity contribution is 5.92. The highest BCUT2D eigenvalue weighted by Gasteiger charge is 2.28. The molecule has 0 aliphatic carbocycles. The first-order valence-electron chi connectivity index (χ1n) is 8.66. The third-order valence-electron chi connectivity index (χ3n) is 5.37. The van der Waals surface area contributed by atoms with Crippen LogP contribution >= 0.6 is 0 Å². The van der Waals surface area contributed by atoms with Crippen LogP contribution in [-0.2, 0) is 0 Å². The number of benzene rings is 1. The molecule has 2 fully saturated rings. The van der Waals surface area contributed by atoms with Gasteiger partial charge in [-0.05, 0) is 57.2 Å². The van der Waals surface area contributed by atoms with Gasteiger partial charge in [0.15, 0.2) is 0 Å². The Morgan fingerprint density at radius 1 is 1.14 bits per heavy atom. The summed E-state index contributed by atoms with van der Waals surface area (Å²) in [5.74, 6) is 0.868. The van der Waals surface area contributed by atoms with Crippen LogP contribution in [0.25, 0.3) is 10.9 Å². The Hall–Kier alpha value is -1.61. The van der Waals surface area contributed by atoms with Gasteiger partial charge >= 0.3 is 0 Å². The summed E-state index contributed by atoms with van der Waals surface area (Å²) < 4.78 is 0. The highest BCUT2D eigenvalue weighted by atomic mass is 15.1. The molecule has 1 unspecified atom stereocenters. The normalized spacial score (nSPS) is 23.3. The molecule has 2 saturated heterocycles. The molecule has 2 aliphatic rings. The Kier molecular flexibility index (Phi) is 3.75. The lowest BCUT2D eigenvalue weighted by atomic mass is 9.88. The second-order valence-electron chi connectivity index (χ2n) is 6.83. The van der Waals surface area contributed by atoms with Gasteiger partial charge in [-0.2, -0.15) is 0 Å². The fourth-order valence-electron chi connectivity index (χ4n) is 4.20. The molecule has 1 N–H and O–H groups in total. The van der Waals surface area contributed by atoms with Crippen LogP contribution in [0, 0.1) is 12.8 Å². The van der Waals surface area contributed by atoms with Gasteiger partial charge in [0.2, 0.25) is 0 Å². The molecule has 1 aromatic heterocycles. The quantitative estimate of drug-likeness (QED) is 0.919. The van der Waals surface area contributed by atoms with Crippen molar-refractivity contribution in [1.82, 2.24) is 10.3 Å². The van der Waals surface area contributed by atoms with E-state index in [0.29, 0.717) is 0 Å². The number of rotatable bonds is 2. The average Bonchev–Trinajstić information content (AvgIpc) is 3.09. The monoisotopic (exact) mass is 295 g/mol. The van der Waals surface area contributed by atoms with E-state index in [0.717, 1.165) is 23.2 Å². The molecule has 0 radical (unpaired) electrons. The molecule has 116 valence electrons. The Balaban J connectivity index is 1.56. The van der Waals surface area contributed by atoms with Crippen LogP contribution in [0.3, 0.4) is 0 Å². The molecule has 0 amide bonds. The second-order valence-corrected chi connectivity index (χ2v) is 6.83. The van der Waals surface area contributed by atoms with Crippen LogP contribution in [0.1, 0.15) is 31.4 Å². The van der Waals surface area contributed by atoms with Crippen LogP contribution in [0.4, 0.5) is 5.69 Å². The number of fused-ring (bicyclic) bond motifs is 1. The summed E-state index contributed by atoms with van der Waals surface area (Å²) in [6.45, 7) is 5.68. The van der Waals surface area contributed by atoms with Gasteiger partial charge in [-0.3, -0.25) is 4.98 Å². The van der Waals surface area contributed by atoms with Gasteiger partial charge in [-0.1, -0.05) is 18.2 Å². The van der Waals surface area contributed by atoms with Crippen molar-refractivity contribution in [3.8, 4) is 0 Å². The Morgan fingerprint density at radius 3 is 2.73 bits per heavy atom. The van der Waals surface area contributed by atoms with Crippen molar-refractivity contribution in [1.29, 1.82) is 0 Å². The number of hydrogen-bond acceptors (Lipinski definition) is 3. The Morgan fingerprint density at radius 2 is 1.95 bits per heavy atom. The Labute approximate surface area is 132 Å². The summed E-state index contributed by atoms with van der Waals surface area (Å²) in [5.41, 5.74) is 3.62. The number of anilines is 1. The van der Waals surface area contributed by atoms with E-state index in [1.807, 2.05) is 0 Å². The maximum Gasteiger partial charge on any atom is 0.0726 e. The molecule has 2 aliphatic heterocycles. The number of nitrogens with one attached hydrogen (secondary N) is 1. The highest BCUT2D eigenvalue weighted by Crippen LogP contribution is 2.32. The molecule has 4 rings (SSSR count).